The quantitative estimate of drug-likeness (QED) is 0.785. The van der Waals surface area contributed by atoms with Crippen LogP contribution in [0.1, 0.15) is 30.4 Å². The van der Waals surface area contributed by atoms with Crippen molar-refractivity contribution in [2.45, 2.75) is 37.0 Å². The Kier molecular flexibility index (Phi) is 4.07. The second-order valence-electron chi connectivity index (χ2n) is 7.37. The van der Waals surface area contributed by atoms with Crippen molar-refractivity contribution in [1.82, 2.24) is 9.21 Å². The summed E-state index contributed by atoms with van der Waals surface area (Å²) in [6.45, 7) is 0.859. The predicted octanol–water partition coefficient (Wildman–Crippen LogP) is 0.873. The van der Waals surface area contributed by atoms with Gasteiger partial charge in [0, 0.05) is 26.2 Å². The fraction of sp³-hybridized carbons (Fsp3) is 0.556. The topological polar surface area (TPSA) is 95.0 Å². The van der Waals surface area contributed by atoms with Crippen LogP contribution in [-0.4, -0.2) is 60.8 Å². The molecular formula is C18H22N2O5S. The third-order valence-electron chi connectivity index (χ3n) is 5.80. The van der Waals surface area contributed by atoms with Crippen LogP contribution < -0.4 is 0 Å². The molecule has 7 nitrogen and oxygen atoms in total. The molecule has 0 aromatic heterocycles. The zero-order valence-electron chi connectivity index (χ0n) is 14.5. The number of carbonyl (C=O) groups is 2. The van der Waals surface area contributed by atoms with Crippen molar-refractivity contribution in [3.63, 3.8) is 0 Å². The summed E-state index contributed by atoms with van der Waals surface area (Å²) in [7, 11) is -3.59. The number of aliphatic carboxylic acids is 1. The molecule has 2 fully saturated rings. The van der Waals surface area contributed by atoms with E-state index >= 15 is 0 Å². The van der Waals surface area contributed by atoms with Gasteiger partial charge >= 0.3 is 5.97 Å². The SMILES string of the molecule is O=C(O)C1(C(=O)N2CCN(S(=O)(=O)c3ccc4c(c3)CCC4)CC2)CC1. The third-order valence-corrected chi connectivity index (χ3v) is 7.70. The molecule has 0 radical (unpaired) electrons. The molecule has 4 rings (SSSR count). The molecule has 2 aliphatic carbocycles. The van der Waals surface area contributed by atoms with E-state index in [1.807, 2.05) is 6.07 Å². The van der Waals surface area contributed by atoms with E-state index < -0.39 is 21.4 Å². The second kappa shape index (κ2) is 6.06. The molecular weight excluding hydrogens is 356 g/mol. The molecule has 0 spiro atoms. The molecule has 8 heteroatoms. The van der Waals surface area contributed by atoms with E-state index in [1.54, 1.807) is 12.1 Å². The Morgan fingerprint density at radius 1 is 1.00 bits per heavy atom. The molecule has 3 aliphatic rings. The van der Waals surface area contributed by atoms with Crippen LogP contribution in [0, 0.1) is 5.41 Å². The summed E-state index contributed by atoms with van der Waals surface area (Å²) < 4.78 is 27.2. The summed E-state index contributed by atoms with van der Waals surface area (Å²) in [5.74, 6) is -1.45. The highest BCUT2D eigenvalue weighted by Crippen LogP contribution is 2.47. The van der Waals surface area contributed by atoms with Crippen LogP contribution in [0.25, 0.3) is 0 Å². The number of carboxylic acids is 1. The van der Waals surface area contributed by atoms with Gasteiger partial charge < -0.3 is 10.0 Å². The maximum absolute atomic E-state index is 12.9. The summed E-state index contributed by atoms with van der Waals surface area (Å²) in [6, 6.07) is 5.35. The number of nitrogens with zero attached hydrogens (tertiary/aromatic N) is 2. The zero-order valence-corrected chi connectivity index (χ0v) is 15.3. The number of amides is 1. The van der Waals surface area contributed by atoms with E-state index in [-0.39, 0.29) is 32.1 Å². The maximum Gasteiger partial charge on any atom is 0.319 e. The Bertz CT molecular complexity index is 868. The van der Waals surface area contributed by atoms with Crippen molar-refractivity contribution >= 4 is 21.9 Å². The molecule has 1 aliphatic heterocycles. The molecule has 0 atom stereocenters. The molecule has 1 heterocycles. The fourth-order valence-electron chi connectivity index (χ4n) is 3.94. The summed E-state index contributed by atoms with van der Waals surface area (Å²) in [5.41, 5.74) is 1.07. The Morgan fingerprint density at radius 2 is 1.65 bits per heavy atom. The Hall–Kier alpha value is -1.93. The van der Waals surface area contributed by atoms with Crippen molar-refractivity contribution in [2.75, 3.05) is 26.2 Å². The first-order valence-corrected chi connectivity index (χ1v) is 10.4. The van der Waals surface area contributed by atoms with Gasteiger partial charge in [0.15, 0.2) is 0 Å². The first-order chi connectivity index (χ1) is 12.3. The van der Waals surface area contributed by atoms with E-state index in [1.165, 1.54) is 14.8 Å². The third kappa shape index (κ3) is 2.72. The van der Waals surface area contributed by atoms with Gasteiger partial charge in [-0.05, 0) is 55.4 Å². The molecule has 1 amide bonds. The van der Waals surface area contributed by atoms with Gasteiger partial charge in [-0.3, -0.25) is 9.59 Å². The lowest BCUT2D eigenvalue weighted by Gasteiger charge is -2.35. The van der Waals surface area contributed by atoms with Gasteiger partial charge in [-0.25, -0.2) is 8.42 Å². The molecule has 0 bridgehead atoms. The summed E-state index contributed by atoms with van der Waals surface area (Å²) in [5, 5.41) is 9.26. The smallest absolute Gasteiger partial charge is 0.319 e. The first-order valence-electron chi connectivity index (χ1n) is 8.99. The Morgan fingerprint density at radius 3 is 2.27 bits per heavy atom. The number of aryl methyl sites for hydroxylation is 2. The van der Waals surface area contributed by atoms with Crippen LogP contribution in [-0.2, 0) is 32.5 Å². The second-order valence-corrected chi connectivity index (χ2v) is 9.31. The Balaban J connectivity index is 1.46. The number of carbonyl (C=O) groups excluding carboxylic acids is 1. The van der Waals surface area contributed by atoms with Crippen molar-refractivity contribution in [3.05, 3.63) is 29.3 Å². The average molecular weight is 378 g/mol. The molecule has 140 valence electrons. The normalized spacial score (nSPS) is 22.1. The van der Waals surface area contributed by atoms with E-state index in [0.717, 1.165) is 24.8 Å². The van der Waals surface area contributed by atoms with Crippen molar-refractivity contribution in [2.24, 2.45) is 5.41 Å². The molecule has 0 unspecified atom stereocenters. The number of piperazine rings is 1. The van der Waals surface area contributed by atoms with Crippen LogP contribution in [0.3, 0.4) is 0 Å². The van der Waals surface area contributed by atoms with Gasteiger partial charge in [-0.15, -0.1) is 0 Å². The molecule has 1 N–H and O–H groups in total. The van der Waals surface area contributed by atoms with E-state index in [9.17, 15) is 23.1 Å². The number of hydrogen-bond donors (Lipinski definition) is 1. The van der Waals surface area contributed by atoms with Gasteiger partial charge in [-0.2, -0.15) is 4.31 Å². The van der Waals surface area contributed by atoms with E-state index in [2.05, 4.69) is 0 Å². The standard InChI is InChI=1S/C18H22N2O5S/c21-16(18(6-7-18)17(22)23)19-8-10-20(11-9-19)26(24,25)15-5-4-13-2-1-3-14(13)12-15/h4-5,12H,1-3,6-11H2,(H,22,23). The number of rotatable bonds is 4. The minimum atomic E-state index is -3.59. The molecule has 1 aromatic rings. The number of sulfonamides is 1. The zero-order chi connectivity index (χ0) is 18.5. The highest BCUT2D eigenvalue weighted by Gasteiger charge is 2.58. The predicted molar refractivity (Wildman–Crippen MR) is 93.1 cm³/mol. The van der Waals surface area contributed by atoms with Gasteiger partial charge in [-0.1, -0.05) is 6.07 Å². The number of hydrogen-bond acceptors (Lipinski definition) is 4. The van der Waals surface area contributed by atoms with Crippen molar-refractivity contribution < 1.29 is 23.1 Å². The monoisotopic (exact) mass is 378 g/mol. The minimum Gasteiger partial charge on any atom is -0.480 e. The van der Waals surface area contributed by atoms with Gasteiger partial charge in [0.1, 0.15) is 5.41 Å². The fourth-order valence-corrected chi connectivity index (χ4v) is 5.41. The highest BCUT2D eigenvalue weighted by atomic mass is 32.2. The number of carboxylic acid groups (broad SMARTS) is 1. The van der Waals surface area contributed by atoms with Crippen LogP contribution in [0.5, 0.6) is 0 Å². The highest BCUT2D eigenvalue weighted by molar-refractivity contribution is 7.89. The van der Waals surface area contributed by atoms with Crippen LogP contribution in [0.4, 0.5) is 0 Å². The van der Waals surface area contributed by atoms with Crippen molar-refractivity contribution in [1.29, 1.82) is 0 Å². The summed E-state index contributed by atoms with van der Waals surface area (Å²) in [4.78, 5) is 25.6. The van der Waals surface area contributed by atoms with Crippen molar-refractivity contribution in [3.8, 4) is 0 Å². The minimum absolute atomic E-state index is 0.195. The van der Waals surface area contributed by atoms with E-state index in [0.29, 0.717) is 17.7 Å². The molecule has 1 saturated carbocycles. The lowest BCUT2D eigenvalue weighted by atomic mass is 10.1. The first kappa shape index (κ1) is 17.5. The van der Waals surface area contributed by atoms with Crippen LogP contribution in [0.15, 0.2) is 23.1 Å². The molecule has 1 saturated heterocycles. The molecule has 26 heavy (non-hydrogen) atoms. The number of fused-ring (bicyclic) bond motifs is 1. The largest absolute Gasteiger partial charge is 0.480 e. The summed E-state index contributed by atoms with van der Waals surface area (Å²) in [6.07, 6.45) is 3.72. The summed E-state index contributed by atoms with van der Waals surface area (Å²) >= 11 is 0. The Labute approximate surface area is 152 Å². The lowest BCUT2D eigenvalue weighted by Crippen LogP contribution is -2.53. The van der Waals surface area contributed by atoms with Gasteiger partial charge in [0.2, 0.25) is 15.9 Å². The van der Waals surface area contributed by atoms with Crippen LogP contribution in [0.2, 0.25) is 0 Å². The average Bonchev–Trinajstić information content (AvgIpc) is 3.32. The molecule has 1 aromatic carbocycles. The maximum atomic E-state index is 12.9. The number of benzene rings is 1. The lowest BCUT2D eigenvalue weighted by molar-refractivity contribution is -0.154. The van der Waals surface area contributed by atoms with Gasteiger partial charge in [0.25, 0.3) is 0 Å². The van der Waals surface area contributed by atoms with E-state index in [4.69, 9.17) is 0 Å². The van der Waals surface area contributed by atoms with Crippen LogP contribution >= 0.6 is 0 Å². The van der Waals surface area contributed by atoms with Gasteiger partial charge in [0.05, 0.1) is 4.90 Å².